The molecule has 2 aromatic heterocycles. The van der Waals surface area contributed by atoms with Crippen molar-refractivity contribution in [3.05, 3.63) is 35.8 Å². The van der Waals surface area contributed by atoms with E-state index in [0.29, 0.717) is 16.4 Å². The number of nitrogens with one attached hydrogen (secondary N) is 1. The van der Waals surface area contributed by atoms with E-state index in [1.807, 2.05) is 18.3 Å². The number of fused-ring (bicyclic) bond motifs is 1. The summed E-state index contributed by atoms with van der Waals surface area (Å²) in [6.07, 6.45) is 8.79. The molecule has 6 nitrogen and oxygen atoms in total. The minimum atomic E-state index is 0.435. The number of rotatable bonds is 4. The SMILES string of the molecule is CCC1(C)CCN(C(N)=N/C=C(\N)Sc2ccnc3[nH]ccc23)CC1. The minimum absolute atomic E-state index is 0.435. The molecule has 1 saturated heterocycles. The molecule has 3 rings (SSSR count). The van der Waals surface area contributed by atoms with Crippen LogP contribution in [0.1, 0.15) is 33.1 Å². The fourth-order valence-corrected chi connectivity index (χ4v) is 3.78. The monoisotopic (exact) mass is 358 g/mol. The van der Waals surface area contributed by atoms with Crippen LogP contribution in [0.3, 0.4) is 0 Å². The first-order valence-electron chi connectivity index (χ1n) is 8.64. The second-order valence-electron chi connectivity index (χ2n) is 6.82. The maximum Gasteiger partial charge on any atom is 0.195 e. The van der Waals surface area contributed by atoms with Crippen LogP contribution in [0.5, 0.6) is 0 Å². The highest BCUT2D eigenvalue weighted by Crippen LogP contribution is 2.34. The second kappa shape index (κ2) is 7.39. The van der Waals surface area contributed by atoms with E-state index >= 15 is 0 Å². The summed E-state index contributed by atoms with van der Waals surface area (Å²) >= 11 is 1.47. The van der Waals surface area contributed by atoms with E-state index in [-0.39, 0.29) is 0 Å². The third-order valence-corrected chi connectivity index (χ3v) is 6.04. The van der Waals surface area contributed by atoms with Crippen LogP contribution in [-0.2, 0) is 0 Å². The van der Waals surface area contributed by atoms with Gasteiger partial charge in [0.15, 0.2) is 5.96 Å². The molecule has 0 aromatic carbocycles. The van der Waals surface area contributed by atoms with Gasteiger partial charge in [0.25, 0.3) is 0 Å². The van der Waals surface area contributed by atoms with Gasteiger partial charge in [0.1, 0.15) is 5.65 Å². The molecule has 0 atom stereocenters. The first-order valence-corrected chi connectivity index (χ1v) is 9.46. The molecule has 134 valence electrons. The van der Waals surface area contributed by atoms with Crippen LogP contribution in [0, 0.1) is 5.41 Å². The minimum Gasteiger partial charge on any atom is -0.392 e. The number of aromatic nitrogens is 2. The molecule has 0 amide bonds. The third-order valence-electron chi connectivity index (χ3n) is 5.12. The van der Waals surface area contributed by atoms with Gasteiger partial charge in [-0.3, -0.25) is 0 Å². The number of thioether (sulfide) groups is 1. The smallest absolute Gasteiger partial charge is 0.195 e. The van der Waals surface area contributed by atoms with Crippen molar-refractivity contribution < 1.29 is 0 Å². The van der Waals surface area contributed by atoms with Crippen molar-refractivity contribution in [2.75, 3.05) is 13.1 Å². The van der Waals surface area contributed by atoms with Gasteiger partial charge in [-0.15, -0.1) is 0 Å². The molecule has 3 heterocycles. The number of hydrogen-bond donors (Lipinski definition) is 3. The molecule has 0 unspecified atom stereocenters. The van der Waals surface area contributed by atoms with Gasteiger partial charge in [-0.2, -0.15) is 0 Å². The number of likely N-dealkylation sites (tertiary alicyclic amines) is 1. The lowest BCUT2D eigenvalue weighted by atomic mass is 9.78. The molecule has 0 bridgehead atoms. The van der Waals surface area contributed by atoms with Crippen molar-refractivity contribution >= 4 is 28.8 Å². The molecular weight excluding hydrogens is 332 g/mol. The number of pyridine rings is 1. The predicted molar refractivity (Wildman–Crippen MR) is 105 cm³/mol. The highest BCUT2D eigenvalue weighted by molar-refractivity contribution is 8.03. The van der Waals surface area contributed by atoms with Crippen LogP contribution in [-0.4, -0.2) is 33.9 Å². The van der Waals surface area contributed by atoms with E-state index < -0.39 is 0 Å². The molecule has 7 heteroatoms. The predicted octanol–water partition coefficient (Wildman–Crippen LogP) is 3.24. The molecule has 0 aliphatic carbocycles. The van der Waals surface area contributed by atoms with Crippen LogP contribution in [0.25, 0.3) is 11.0 Å². The molecule has 1 aliphatic rings. The van der Waals surface area contributed by atoms with Crippen molar-refractivity contribution in [1.29, 1.82) is 0 Å². The van der Waals surface area contributed by atoms with E-state index in [9.17, 15) is 0 Å². The lowest BCUT2D eigenvalue weighted by molar-refractivity contribution is 0.161. The molecule has 2 aromatic rings. The van der Waals surface area contributed by atoms with Gasteiger partial charge in [0.05, 0.1) is 11.2 Å². The quantitative estimate of drug-likeness (QED) is 0.443. The lowest BCUT2D eigenvalue weighted by Crippen LogP contribution is -2.45. The number of guanidine groups is 1. The summed E-state index contributed by atoms with van der Waals surface area (Å²) in [7, 11) is 0. The van der Waals surface area contributed by atoms with Gasteiger partial charge >= 0.3 is 0 Å². The number of piperidine rings is 1. The molecule has 0 spiro atoms. The van der Waals surface area contributed by atoms with E-state index in [0.717, 1.165) is 41.9 Å². The average molecular weight is 359 g/mol. The zero-order valence-electron chi connectivity index (χ0n) is 14.8. The third kappa shape index (κ3) is 4.10. The first-order chi connectivity index (χ1) is 12.0. The normalized spacial score (nSPS) is 18.7. The maximum absolute atomic E-state index is 6.15. The summed E-state index contributed by atoms with van der Waals surface area (Å²) < 4.78 is 0. The van der Waals surface area contributed by atoms with Crippen molar-refractivity contribution in [3.8, 4) is 0 Å². The fraction of sp³-hybridized carbons (Fsp3) is 0.444. The Bertz CT molecular complexity index is 786. The van der Waals surface area contributed by atoms with Crippen LogP contribution in [0.4, 0.5) is 0 Å². The Morgan fingerprint density at radius 3 is 2.88 bits per heavy atom. The van der Waals surface area contributed by atoms with Gasteiger partial charge in [-0.1, -0.05) is 32.0 Å². The standard InChI is InChI=1S/C18H26N6S/c1-3-18(2)6-10-24(11-7-18)17(20)23-12-15(19)25-14-5-9-22-16-13(14)4-8-21-16/h4-5,8-9,12H,3,6-7,10-11,19H2,1-2H3,(H2,20,23)(H,21,22)/b15-12+. The molecule has 1 aliphatic heterocycles. The summed E-state index contributed by atoms with van der Waals surface area (Å²) in [6.45, 7) is 6.51. The largest absolute Gasteiger partial charge is 0.392 e. The van der Waals surface area contributed by atoms with Crippen LogP contribution < -0.4 is 11.5 Å². The number of aromatic amines is 1. The Kier molecular flexibility index (Phi) is 5.22. The summed E-state index contributed by atoms with van der Waals surface area (Å²) in [4.78, 5) is 14.9. The Morgan fingerprint density at radius 1 is 1.40 bits per heavy atom. The van der Waals surface area contributed by atoms with Crippen molar-refractivity contribution in [2.45, 2.75) is 38.0 Å². The number of nitrogens with zero attached hydrogens (tertiary/aromatic N) is 3. The van der Waals surface area contributed by atoms with E-state index in [2.05, 4.69) is 33.7 Å². The molecule has 0 radical (unpaired) electrons. The summed E-state index contributed by atoms with van der Waals surface area (Å²) in [6, 6.07) is 3.94. The first kappa shape index (κ1) is 17.7. The zero-order chi connectivity index (χ0) is 17.9. The number of nitrogens with two attached hydrogens (primary N) is 2. The van der Waals surface area contributed by atoms with E-state index in [1.54, 1.807) is 12.4 Å². The molecule has 5 N–H and O–H groups in total. The fourth-order valence-electron chi connectivity index (χ4n) is 3.02. The Hall–Kier alpha value is -2.15. The van der Waals surface area contributed by atoms with Gasteiger partial charge in [-0.25, -0.2) is 9.98 Å². The van der Waals surface area contributed by atoms with Gasteiger partial charge in [0, 0.05) is 35.8 Å². The maximum atomic E-state index is 6.15. The highest BCUT2D eigenvalue weighted by atomic mass is 32.2. The second-order valence-corrected chi connectivity index (χ2v) is 7.94. The number of hydrogen-bond acceptors (Lipinski definition) is 4. The Balaban J connectivity index is 1.64. The van der Waals surface area contributed by atoms with Crippen molar-refractivity contribution in [1.82, 2.24) is 14.9 Å². The van der Waals surface area contributed by atoms with Crippen LogP contribution >= 0.6 is 11.8 Å². The van der Waals surface area contributed by atoms with Gasteiger partial charge in [-0.05, 0) is 30.4 Å². The number of aliphatic imine (C=N–C) groups is 1. The van der Waals surface area contributed by atoms with Gasteiger partial charge < -0.3 is 21.4 Å². The van der Waals surface area contributed by atoms with Crippen molar-refractivity contribution in [2.24, 2.45) is 21.9 Å². The summed E-state index contributed by atoms with van der Waals surface area (Å²) in [5.41, 5.74) is 13.6. The topological polar surface area (TPSA) is 96.3 Å². The number of H-pyrrole nitrogens is 1. The van der Waals surface area contributed by atoms with Crippen LogP contribution in [0.15, 0.2) is 45.6 Å². The average Bonchev–Trinajstić information content (AvgIpc) is 3.10. The van der Waals surface area contributed by atoms with E-state index in [1.165, 1.54) is 18.2 Å². The van der Waals surface area contributed by atoms with E-state index in [4.69, 9.17) is 11.5 Å². The van der Waals surface area contributed by atoms with Crippen molar-refractivity contribution in [3.63, 3.8) is 0 Å². The highest BCUT2D eigenvalue weighted by Gasteiger charge is 2.28. The molecule has 25 heavy (non-hydrogen) atoms. The molecule has 1 fully saturated rings. The molecule has 0 saturated carbocycles. The molecular formula is C18H26N6S. The Labute approximate surface area is 152 Å². The lowest BCUT2D eigenvalue weighted by Gasteiger charge is -2.39. The summed E-state index contributed by atoms with van der Waals surface area (Å²) in [5.74, 6) is 0.545. The zero-order valence-corrected chi connectivity index (χ0v) is 15.6. The summed E-state index contributed by atoms with van der Waals surface area (Å²) in [5, 5.41) is 1.66. The van der Waals surface area contributed by atoms with Crippen LogP contribution in [0.2, 0.25) is 0 Å². The van der Waals surface area contributed by atoms with Gasteiger partial charge in [0.2, 0.25) is 0 Å². The Morgan fingerprint density at radius 2 is 2.16 bits per heavy atom.